The molecule has 0 aliphatic heterocycles. The van der Waals surface area contributed by atoms with Crippen LogP contribution in [0.15, 0.2) is 34.7 Å². The van der Waals surface area contributed by atoms with E-state index < -0.39 is 40.3 Å². The van der Waals surface area contributed by atoms with Crippen LogP contribution in [0.3, 0.4) is 0 Å². The number of aryl methyl sites for hydroxylation is 2. The minimum atomic E-state index is -2.79. The van der Waals surface area contributed by atoms with Gasteiger partial charge in [-0.2, -0.15) is 8.42 Å². The molecule has 0 radical (unpaired) electrons. The van der Waals surface area contributed by atoms with Crippen molar-refractivity contribution in [3.8, 4) is 16.9 Å². The molecule has 0 heterocycles. The van der Waals surface area contributed by atoms with Gasteiger partial charge in [0.1, 0.15) is 12.3 Å². The van der Waals surface area contributed by atoms with E-state index in [0.29, 0.717) is 22.4 Å². The highest BCUT2D eigenvalue weighted by molar-refractivity contribution is 7.61. The van der Waals surface area contributed by atoms with Crippen LogP contribution in [0.5, 0.6) is 5.75 Å². The van der Waals surface area contributed by atoms with Crippen LogP contribution < -0.4 is 10.1 Å². The maximum atomic E-state index is 12.7. The fourth-order valence-corrected chi connectivity index (χ4v) is 3.13. The van der Waals surface area contributed by atoms with E-state index in [1.165, 1.54) is 12.1 Å². The Hall–Kier alpha value is -3.53. The van der Waals surface area contributed by atoms with E-state index in [4.69, 9.17) is 9.84 Å². The first-order valence-electron chi connectivity index (χ1n) is 9.58. The van der Waals surface area contributed by atoms with Crippen LogP contribution >= 0.6 is 0 Å². The van der Waals surface area contributed by atoms with Gasteiger partial charge in [0, 0.05) is 11.1 Å². The maximum absolute atomic E-state index is 12.7. The number of carbonyl (C=O) groups is 3. The van der Waals surface area contributed by atoms with Crippen molar-refractivity contribution in [3.63, 3.8) is 0 Å². The van der Waals surface area contributed by atoms with Crippen molar-refractivity contribution in [1.29, 1.82) is 0 Å². The molecule has 10 heteroatoms. The summed E-state index contributed by atoms with van der Waals surface area (Å²) in [5, 5.41) is 11.1. The Morgan fingerprint density at radius 1 is 1.09 bits per heavy atom. The normalized spacial score (nSPS) is 10.9. The molecule has 0 fully saturated rings. The molecule has 0 saturated carbocycles. The number of carboxylic acids is 1. The number of nitrogens with zero attached hydrogens (tertiary/aromatic N) is 1. The average molecular weight is 461 g/mol. The molecule has 9 nitrogen and oxygen atoms in total. The molecule has 0 unspecified atom stereocenters. The van der Waals surface area contributed by atoms with Gasteiger partial charge in [-0.3, -0.25) is 14.4 Å². The lowest BCUT2D eigenvalue weighted by Gasteiger charge is -2.18. The third-order valence-corrected chi connectivity index (χ3v) is 4.70. The highest BCUT2D eigenvalue weighted by Crippen LogP contribution is 2.37. The van der Waals surface area contributed by atoms with Crippen LogP contribution in [0.2, 0.25) is 0 Å². The fourth-order valence-electron chi connectivity index (χ4n) is 2.83. The van der Waals surface area contributed by atoms with Crippen molar-refractivity contribution in [1.82, 2.24) is 5.32 Å². The number of aliphatic carboxylic acids is 1. The zero-order valence-electron chi connectivity index (χ0n) is 18.3. The van der Waals surface area contributed by atoms with Gasteiger partial charge in [0.05, 0.1) is 11.1 Å². The lowest BCUT2D eigenvalue weighted by molar-refractivity contribution is -0.143. The quantitative estimate of drug-likeness (QED) is 0.497. The van der Waals surface area contributed by atoms with E-state index in [0.717, 1.165) is 0 Å². The van der Waals surface area contributed by atoms with Crippen LogP contribution in [0, 0.1) is 19.3 Å². The van der Waals surface area contributed by atoms with Gasteiger partial charge in [0.2, 0.25) is 0 Å². The smallest absolute Gasteiger partial charge is 0.322 e. The predicted octanol–water partition coefficient (Wildman–Crippen LogP) is 3.43. The van der Waals surface area contributed by atoms with Crippen molar-refractivity contribution >= 4 is 34.0 Å². The molecule has 0 spiro atoms. The molecule has 32 heavy (non-hydrogen) atoms. The second-order valence-electron chi connectivity index (χ2n) is 8.21. The van der Waals surface area contributed by atoms with Crippen molar-refractivity contribution in [2.75, 3.05) is 6.54 Å². The minimum absolute atomic E-state index is 0.0256. The molecule has 2 aromatic carbocycles. The molecule has 2 aromatic rings. The molecular formula is C22H24N2O7S. The molecule has 0 bridgehead atoms. The van der Waals surface area contributed by atoms with Gasteiger partial charge in [-0.05, 0) is 75.6 Å². The monoisotopic (exact) mass is 460 g/mol. The molecule has 170 valence electrons. The second-order valence-corrected chi connectivity index (χ2v) is 8.83. The maximum Gasteiger partial charge on any atom is 0.322 e. The molecule has 0 aliphatic carbocycles. The van der Waals surface area contributed by atoms with E-state index in [9.17, 15) is 22.8 Å². The van der Waals surface area contributed by atoms with E-state index in [2.05, 4.69) is 9.68 Å². The van der Waals surface area contributed by atoms with Crippen LogP contribution in [0.1, 0.15) is 42.3 Å². The second kappa shape index (κ2) is 9.73. The molecule has 0 saturated heterocycles. The summed E-state index contributed by atoms with van der Waals surface area (Å²) < 4.78 is 31.6. The molecular weight excluding hydrogens is 436 g/mol. The highest BCUT2D eigenvalue weighted by Gasteiger charge is 2.25. The Bertz CT molecular complexity index is 1220. The number of nitrogens with one attached hydrogen (secondary N) is 1. The van der Waals surface area contributed by atoms with Gasteiger partial charge < -0.3 is 15.2 Å². The van der Waals surface area contributed by atoms with E-state index >= 15 is 0 Å². The first-order valence-corrected chi connectivity index (χ1v) is 10.6. The van der Waals surface area contributed by atoms with Gasteiger partial charge in [-0.1, -0.05) is 6.07 Å². The summed E-state index contributed by atoms with van der Waals surface area (Å²) in [6, 6.07) is 7.77. The molecule has 0 aromatic heterocycles. The first-order chi connectivity index (χ1) is 14.8. The molecule has 1 amide bonds. The largest absolute Gasteiger partial charge is 0.480 e. The number of rotatable bonds is 6. The number of ether oxygens (including phenoxy) is 1. The van der Waals surface area contributed by atoms with Crippen molar-refractivity contribution < 1.29 is 32.6 Å². The zero-order chi connectivity index (χ0) is 24.2. The van der Waals surface area contributed by atoms with Crippen LogP contribution in [0.25, 0.3) is 11.1 Å². The van der Waals surface area contributed by atoms with E-state index in [-0.39, 0.29) is 16.8 Å². The summed E-state index contributed by atoms with van der Waals surface area (Å²) >= 11 is 0. The third-order valence-electron chi connectivity index (χ3n) is 4.36. The van der Waals surface area contributed by atoms with E-state index in [1.807, 2.05) is 0 Å². The van der Waals surface area contributed by atoms with Gasteiger partial charge in [0.25, 0.3) is 5.91 Å². The third kappa shape index (κ3) is 6.24. The van der Waals surface area contributed by atoms with Gasteiger partial charge in [0.15, 0.2) is 0 Å². The van der Waals surface area contributed by atoms with Crippen LogP contribution in [-0.2, 0) is 20.1 Å². The summed E-state index contributed by atoms with van der Waals surface area (Å²) in [7, 11) is -2.79. The summed E-state index contributed by atoms with van der Waals surface area (Å²) in [5.74, 6) is -2.02. The zero-order valence-corrected chi connectivity index (χ0v) is 19.2. The predicted molar refractivity (Wildman–Crippen MR) is 117 cm³/mol. The number of esters is 1. The number of hydrogen-bond donors (Lipinski definition) is 2. The number of carbonyl (C=O) groups excluding carboxylic acids is 2. The number of hydrogen-bond acceptors (Lipinski definition) is 7. The Morgan fingerprint density at radius 3 is 2.28 bits per heavy atom. The standard InChI is InChI=1S/C22H24N2O7S/c1-12-8-15(20(27)23-11-18(25)26)19(16(9-12)24-32(29)30)14-6-7-17(13(2)10-14)31-21(28)22(3,4)5/h6-10H,11H2,1-5H3,(H,23,27)(H,25,26). The molecule has 2 N–H and O–H groups in total. The summed E-state index contributed by atoms with van der Waals surface area (Å²) in [5.41, 5.74) is 1.17. The minimum Gasteiger partial charge on any atom is -0.480 e. The first kappa shape index (κ1) is 24.7. The number of carboxylic acid groups (broad SMARTS) is 1. The lowest BCUT2D eigenvalue weighted by Crippen LogP contribution is -2.29. The summed E-state index contributed by atoms with van der Waals surface area (Å²) in [6.45, 7) is 7.94. The fraction of sp³-hybridized carbons (Fsp3) is 0.318. The van der Waals surface area contributed by atoms with Crippen LogP contribution in [0.4, 0.5) is 5.69 Å². The Morgan fingerprint density at radius 2 is 1.75 bits per heavy atom. The Balaban J connectivity index is 2.65. The van der Waals surface area contributed by atoms with Crippen LogP contribution in [-0.4, -0.2) is 37.9 Å². The SMILES string of the molecule is Cc1cc(N=S(=O)=O)c(-c2ccc(OC(=O)C(C)(C)C)c(C)c2)c(C(=O)NCC(=O)O)c1. The number of amides is 1. The molecule has 0 atom stereocenters. The Kier molecular flexibility index (Phi) is 7.52. The lowest BCUT2D eigenvalue weighted by atomic mass is 9.94. The van der Waals surface area contributed by atoms with Crippen molar-refractivity contribution in [3.05, 3.63) is 47.0 Å². The van der Waals surface area contributed by atoms with Gasteiger partial charge in [-0.15, -0.1) is 4.36 Å². The Labute approximate surface area is 187 Å². The van der Waals surface area contributed by atoms with Crippen molar-refractivity contribution in [2.24, 2.45) is 9.78 Å². The molecule has 2 rings (SSSR count). The average Bonchev–Trinajstić information content (AvgIpc) is 2.66. The number of benzene rings is 2. The van der Waals surface area contributed by atoms with Crippen molar-refractivity contribution in [2.45, 2.75) is 34.6 Å². The molecule has 0 aliphatic rings. The van der Waals surface area contributed by atoms with Gasteiger partial charge in [-0.25, -0.2) is 0 Å². The highest BCUT2D eigenvalue weighted by atomic mass is 32.2. The topological polar surface area (TPSA) is 139 Å². The summed E-state index contributed by atoms with van der Waals surface area (Å²) in [4.78, 5) is 35.8. The van der Waals surface area contributed by atoms with E-state index in [1.54, 1.807) is 52.8 Å². The summed E-state index contributed by atoms with van der Waals surface area (Å²) in [6.07, 6.45) is 0. The van der Waals surface area contributed by atoms with Gasteiger partial charge >= 0.3 is 22.4 Å².